The summed E-state index contributed by atoms with van der Waals surface area (Å²) in [6, 6.07) is 9.46. The molecule has 1 N–H and O–H groups in total. The Bertz CT molecular complexity index is 1940. The van der Waals surface area contributed by atoms with Crippen molar-refractivity contribution in [2.45, 2.75) is 47.3 Å². The lowest BCUT2D eigenvalue weighted by atomic mass is 9.81. The molecule has 3 heterocycles. The van der Waals surface area contributed by atoms with E-state index in [9.17, 15) is 26.3 Å². The Balaban J connectivity index is 1.46. The van der Waals surface area contributed by atoms with Gasteiger partial charge in [0.05, 0.1) is 9.77 Å². The van der Waals surface area contributed by atoms with Crippen LogP contribution in [-0.4, -0.2) is 46.9 Å². The fourth-order valence-electron chi connectivity index (χ4n) is 5.38. The molecule has 0 saturated heterocycles. The maximum atomic E-state index is 14.7. The van der Waals surface area contributed by atoms with Crippen LogP contribution in [0.2, 0.25) is 0 Å². The normalized spacial score (nSPS) is 22.7. The molecule has 6 rings (SSSR count). The van der Waals surface area contributed by atoms with Crippen molar-refractivity contribution in [3.8, 4) is 10.4 Å². The van der Waals surface area contributed by atoms with Crippen molar-refractivity contribution in [1.82, 2.24) is 13.9 Å². The average molecular weight is 600 g/mol. The van der Waals surface area contributed by atoms with Crippen molar-refractivity contribution in [3.05, 3.63) is 89.6 Å². The zero-order valence-electron chi connectivity index (χ0n) is 21.7. The van der Waals surface area contributed by atoms with E-state index in [2.05, 4.69) is 9.97 Å². The Labute approximate surface area is 235 Å². The third kappa shape index (κ3) is 4.16. The second-order valence-corrected chi connectivity index (χ2v) is 15.8. The van der Waals surface area contributed by atoms with Gasteiger partial charge in [0.15, 0.2) is 15.5 Å². The SMILES string of the molecule is CC1(S(=O)(=O)n2ccc3c(-c4cnc(C5(O)CCC5)s4)ccnc32)C=C(F)C=CC1c1cccc(S(C)(=O)=O)c1. The highest BCUT2D eigenvalue weighted by Crippen LogP contribution is 2.46. The van der Waals surface area contributed by atoms with Crippen LogP contribution in [0.1, 0.15) is 42.7 Å². The van der Waals surface area contributed by atoms with E-state index >= 15 is 0 Å². The third-order valence-electron chi connectivity index (χ3n) is 7.85. The van der Waals surface area contributed by atoms with Gasteiger partial charge >= 0.3 is 0 Å². The minimum atomic E-state index is -4.35. The molecule has 4 aromatic rings. The van der Waals surface area contributed by atoms with Gasteiger partial charge in [-0.2, -0.15) is 0 Å². The van der Waals surface area contributed by atoms with Gasteiger partial charge in [-0.3, -0.25) is 0 Å². The lowest BCUT2D eigenvalue weighted by Crippen LogP contribution is -2.43. The van der Waals surface area contributed by atoms with E-state index in [4.69, 9.17) is 0 Å². The standard InChI is InChI=1S/C28H26FN3O5S3/c1-27(16-19(29)7-8-23(27)18-5-3-6-20(15-18)39(2,34)35)40(36,37)32-14-10-22-21(9-13-30-25(22)32)24-17-31-26(38-24)28(33)11-4-12-28/h3,5-10,13-17,23,33H,4,11-12H2,1-2H3. The molecule has 1 saturated carbocycles. The van der Waals surface area contributed by atoms with Crippen molar-refractivity contribution in [3.63, 3.8) is 0 Å². The van der Waals surface area contributed by atoms with Gasteiger partial charge in [0.1, 0.15) is 21.2 Å². The van der Waals surface area contributed by atoms with Crippen LogP contribution in [0.15, 0.2) is 83.9 Å². The molecule has 1 fully saturated rings. The molecule has 2 unspecified atom stereocenters. The van der Waals surface area contributed by atoms with E-state index in [1.165, 1.54) is 54.9 Å². The second-order valence-electron chi connectivity index (χ2n) is 10.5. The van der Waals surface area contributed by atoms with Crippen molar-refractivity contribution >= 4 is 42.2 Å². The molecule has 0 bridgehead atoms. The van der Waals surface area contributed by atoms with Gasteiger partial charge in [-0.1, -0.05) is 18.2 Å². The average Bonchev–Trinajstić information content (AvgIpc) is 3.55. The van der Waals surface area contributed by atoms with Crippen LogP contribution in [0.4, 0.5) is 4.39 Å². The van der Waals surface area contributed by atoms with Crippen LogP contribution in [0, 0.1) is 0 Å². The molecule has 0 spiro atoms. The van der Waals surface area contributed by atoms with Gasteiger partial charge < -0.3 is 5.11 Å². The Morgan fingerprint density at radius 1 is 1.12 bits per heavy atom. The first kappa shape index (κ1) is 27.0. The van der Waals surface area contributed by atoms with Crippen LogP contribution in [-0.2, 0) is 25.5 Å². The first-order chi connectivity index (χ1) is 18.8. The Morgan fingerprint density at radius 2 is 1.90 bits per heavy atom. The van der Waals surface area contributed by atoms with Crippen LogP contribution >= 0.6 is 11.3 Å². The lowest BCUT2D eigenvalue weighted by Gasteiger charge is -2.35. The monoisotopic (exact) mass is 599 g/mol. The molecule has 1 aromatic carbocycles. The number of aromatic nitrogens is 3. The number of halogens is 1. The number of allylic oxidation sites excluding steroid dienone is 3. The molecule has 8 nitrogen and oxygen atoms in total. The third-order valence-corrected chi connectivity index (χ3v) is 12.5. The molecule has 3 aromatic heterocycles. The number of hydrogen-bond acceptors (Lipinski definition) is 8. The molecular formula is C28H26FN3O5S3. The van der Waals surface area contributed by atoms with Gasteiger partial charge in [0, 0.05) is 41.7 Å². The molecule has 40 heavy (non-hydrogen) atoms. The Morgan fingerprint density at radius 3 is 2.60 bits per heavy atom. The molecule has 0 amide bonds. The number of thiazole rings is 1. The van der Waals surface area contributed by atoms with E-state index in [0.29, 0.717) is 28.8 Å². The minimum Gasteiger partial charge on any atom is -0.383 e. The number of benzene rings is 1. The summed E-state index contributed by atoms with van der Waals surface area (Å²) in [5.41, 5.74) is 0.402. The zero-order valence-corrected chi connectivity index (χ0v) is 24.1. The summed E-state index contributed by atoms with van der Waals surface area (Å²) in [6.07, 6.45) is 11.6. The highest BCUT2D eigenvalue weighted by atomic mass is 32.2. The first-order valence-corrected chi connectivity index (χ1v) is 16.8. The van der Waals surface area contributed by atoms with Crippen molar-refractivity contribution in [1.29, 1.82) is 0 Å². The highest BCUT2D eigenvalue weighted by Gasteiger charge is 2.48. The molecule has 0 aliphatic heterocycles. The number of fused-ring (bicyclic) bond motifs is 1. The highest BCUT2D eigenvalue weighted by molar-refractivity contribution is 7.91. The maximum absolute atomic E-state index is 14.7. The van der Waals surface area contributed by atoms with Crippen LogP contribution in [0.25, 0.3) is 21.5 Å². The summed E-state index contributed by atoms with van der Waals surface area (Å²) < 4.78 is 67.0. The lowest BCUT2D eigenvalue weighted by molar-refractivity contribution is -0.0389. The van der Waals surface area contributed by atoms with Gasteiger partial charge in [-0.25, -0.2) is 35.2 Å². The zero-order chi connectivity index (χ0) is 28.5. The maximum Gasteiger partial charge on any atom is 0.250 e. The van der Waals surface area contributed by atoms with E-state index in [0.717, 1.165) is 33.2 Å². The Hall–Kier alpha value is -3.19. The van der Waals surface area contributed by atoms with E-state index < -0.39 is 42.0 Å². The molecule has 208 valence electrons. The summed E-state index contributed by atoms with van der Waals surface area (Å²) in [4.78, 5) is 9.62. The van der Waals surface area contributed by atoms with Crippen molar-refractivity contribution < 1.29 is 26.3 Å². The first-order valence-electron chi connectivity index (χ1n) is 12.6. The number of rotatable bonds is 6. The van der Waals surface area contributed by atoms with Crippen molar-refractivity contribution in [2.24, 2.45) is 0 Å². The predicted molar refractivity (Wildman–Crippen MR) is 152 cm³/mol. The van der Waals surface area contributed by atoms with Gasteiger partial charge in [-0.15, -0.1) is 11.3 Å². The van der Waals surface area contributed by atoms with Gasteiger partial charge in [0.25, 0.3) is 0 Å². The Kier molecular flexibility index (Phi) is 6.19. The molecule has 2 aliphatic rings. The summed E-state index contributed by atoms with van der Waals surface area (Å²) >= 11 is 1.36. The number of hydrogen-bond donors (Lipinski definition) is 1. The van der Waals surface area contributed by atoms with Crippen LogP contribution in [0.3, 0.4) is 0 Å². The number of sulfone groups is 1. The summed E-state index contributed by atoms with van der Waals surface area (Å²) in [5, 5.41) is 11.9. The number of aliphatic hydroxyl groups is 1. The summed E-state index contributed by atoms with van der Waals surface area (Å²) in [5.74, 6) is -1.59. The fourth-order valence-corrected chi connectivity index (χ4v) is 8.97. The van der Waals surface area contributed by atoms with Crippen LogP contribution < -0.4 is 0 Å². The quantitative estimate of drug-likeness (QED) is 0.328. The smallest absolute Gasteiger partial charge is 0.250 e. The molecule has 0 radical (unpaired) electrons. The van der Waals surface area contributed by atoms with E-state index in [1.54, 1.807) is 30.5 Å². The topological polar surface area (TPSA) is 119 Å². The number of pyridine rings is 1. The largest absolute Gasteiger partial charge is 0.383 e. The fraction of sp³-hybridized carbons (Fsp3) is 0.286. The minimum absolute atomic E-state index is 0.0429. The molecule has 2 aliphatic carbocycles. The molecule has 2 atom stereocenters. The van der Waals surface area contributed by atoms with Crippen molar-refractivity contribution in [2.75, 3.05) is 6.26 Å². The van der Waals surface area contributed by atoms with E-state index in [-0.39, 0.29) is 10.5 Å². The molecule has 12 heteroatoms. The van der Waals surface area contributed by atoms with Crippen LogP contribution in [0.5, 0.6) is 0 Å². The predicted octanol–water partition coefficient (Wildman–Crippen LogP) is 5.08. The molecular weight excluding hydrogens is 574 g/mol. The second kappa shape index (κ2) is 9.16. The van der Waals surface area contributed by atoms with E-state index in [1.807, 2.05) is 0 Å². The number of nitrogens with zero attached hydrogens (tertiary/aromatic N) is 3. The van der Waals surface area contributed by atoms with Gasteiger partial charge in [0.2, 0.25) is 10.0 Å². The summed E-state index contributed by atoms with van der Waals surface area (Å²) in [7, 11) is -7.90. The van der Waals surface area contributed by atoms with Gasteiger partial charge in [-0.05, 0) is 68.2 Å². The summed E-state index contributed by atoms with van der Waals surface area (Å²) in [6.45, 7) is 1.42.